The van der Waals surface area contributed by atoms with Gasteiger partial charge in [0.05, 0.1) is 0 Å². The molecular formula is C26H35F. The second kappa shape index (κ2) is 10.1. The second-order valence-corrected chi connectivity index (χ2v) is 8.40. The molecule has 0 nitrogen and oxygen atoms in total. The minimum Gasteiger partial charge on any atom is -0.206 e. The second-order valence-electron chi connectivity index (χ2n) is 8.40. The Morgan fingerprint density at radius 3 is 2.22 bits per heavy atom. The molecule has 0 bridgehead atoms. The Morgan fingerprint density at radius 2 is 1.59 bits per heavy atom. The molecule has 0 aromatic heterocycles. The van der Waals surface area contributed by atoms with Crippen LogP contribution in [0.15, 0.2) is 42.5 Å². The van der Waals surface area contributed by atoms with Crippen LogP contribution in [0.5, 0.6) is 0 Å². The first kappa shape index (κ1) is 20.1. The van der Waals surface area contributed by atoms with E-state index < -0.39 is 0 Å². The molecule has 146 valence electrons. The summed E-state index contributed by atoms with van der Waals surface area (Å²) in [6, 6.07) is 14.4. The molecule has 0 radical (unpaired) electrons. The highest BCUT2D eigenvalue weighted by Crippen LogP contribution is 2.38. The van der Waals surface area contributed by atoms with Gasteiger partial charge >= 0.3 is 0 Å². The Kier molecular flexibility index (Phi) is 7.50. The first-order valence-corrected chi connectivity index (χ1v) is 11.1. The quantitative estimate of drug-likeness (QED) is 0.412. The van der Waals surface area contributed by atoms with Gasteiger partial charge in [-0.05, 0) is 66.7 Å². The fraction of sp³-hybridized carbons (Fsp3) is 0.538. The van der Waals surface area contributed by atoms with E-state index in [0.717, 1.165) is 35.4 Å². The van der Waals surface area contributed by atoms with Crippen LogP contribution in [-0.4, -0.2) is 0 Å². The Balaban J connectivity index is 1.60. The lowest BCUT2D eigenvalue weighted by atomic mass is 9.77. The molecule has 1 saturated carbocycles. The monoisotopic (exact) mass is 366 g/mol. The molecule has 3 rings (SSSR count). The van der Waals surface area contributed by atoms with Gasteiger partial charge in [0, 0.05) is 5.56 Å². The smallest absolute Gasteiger partial charge is 0.131 e. The number of hydrogen-bond donors (Lipinski definition) is 0. The van der Waals surface area contributed by atoms with Gasteiger partial charge in [-0.25, -0.2) is 4.39 Å². The number of aryl methyl sites for hydroxylation is 1. The molecule has 0 spiro atoms. The minimum atomic E-state index is -0.0960. The topological polar surface area (TPSA) is 0 Å². The van der Waals surface area contributed by atoms with Crippen molar-refractivity contribution in [3.8, 4) is 11.1 Å². The predicted molar refractivity (Wildman–Crippen MR) is 115 cm³/mol. The maximum Gasteiger partial charge on any atom is 0.131 e. The highest BCUT2D eigenvalue weighted by Gasteiger charge is 2.22. The first-order chi connectivity index (χ1) is 13.2. The zero-order valence-corrected chi connectivity index (χ0v) is 17.1. The van der Waals surface area contributed by atoms with E-state index in [2.05, 4.69) is 44.2 Å². The molecule has 0 aliphatic heterocycles. The largest absolute Gasteiger partial charge is 0.206 e. The van der Waals surface area contributed by atoms with Crippen molar-refractivity contribution in [2.45, 2.75) is 84.0 Å². The molecule has 0 unspecified atom stereocenters. The van der Waals surface area contributed by atoms with Crippen LogP contribution in [0.25, 0.3) is 11.1 Å². The van der Waals surface area contributed by atoms with Crippen molar-refractivity contribution in [2.75, 3.05) is 0 Å². The standard InChI is InChI=1S/C26H35F/c1-3-5-6-8-20-9-12-22(13-10-20)23-14-16-24(17-15-23)25-18-11-21(7-4-2)19-26(25)27/h11,14-20,22H,3-10,12-13H2,1-2H3/t20-,22-. The van der Waals surface area contributed by atoms with Gasteiger partial charge in [0.15, 0.2) is 0 Å². The van der Waals surface area contributed by atoms with Crippen molar-refractivity contribution in [1.29, 1.82) is 0 Å². The lowest BCUT2D eigenvalue weighted by Gasteiger charge is -2.29. The van der Waals surface area contributed by atoms with Crippen LogP contribution in [0, 0.1) is 11.7 Å². The average Bonchev–Trinajstić information content (AvgIpc) is 2.69. The summed E-state index contributed by atoms with van der Waals surface area (Å²) in [7, 11) is 0. The van der Waals surface area contributed by atoms with E-state index >= 15 is 0 Å². The third kappa shape index (κ3) is 5.43. The molecule has 0 heterocycles. The predicted octanol–water partition coefficient (Wildman–Crippen LogP) is 8.30. The van der Waals surface area contributed by atoms with E-state index in [0.29, 0.717) is 5.92 Å². The van der Waals surface area contributed by atoms with E-state index in [4.69, 9.17) is 0 Å². The van der Waals surface area contributed by atoms with Gasteiger partial charge in [-0.15, -0.1) is 0 Å². The number of unbranched alkanes of at least 4 members (excludes halogenated alkanes) is 2. The summed E-state index contributed by atoms with van der Waals surface area (Å²) in [5.74, 6) is 1.54. The molecule has 0 atom stereocenters. The zero-order chi connectivity index (χ0) is 19.1. The number of rotatable bonds is 8. The lowest BCUT2D eigenvalue weighted by molar-refractivity contribution is 0.303. The van der Waals surface area contributed by atoms with E-state index in [1.165, 1.54) is 56.9 Å². The fourth-order valence-electron chi connectivity index (χ4n) is 4.64. The molecular weight excluding hydrogens is 331 g/mol. The van der Waals surface area contributed by atoms with Crippen LogP contribution in [0.4, 0.5) is 4.39 Å². The maximum absolute atomic E-state index is 14.5. The molecule has 0 saturated heterocycles. The first-order valence-electron chi connectivity index (χ1n) is 11.1. The summed E-state index contributed by atoms with van der Waals surface area (Å²) in [5.41, 5.74) is 4.24. The summed E-state index contributed by atoms with van der Waals surface area (Å²) in [6.45, 7) is 4.41. The van der Waals surface area contributed by atoms with Crippen LogP contribution in [0.3, 0.4) is 0 Å². The maximum atomic E-state index is 14.5. The third-order valence-electron chi connectivity index (χ3n) is 6.33. The van der Waals surface area contributed by atoms with Gasteiger partial charge in [-0.3, -0.25) is 0 Å². The Morgan fingerprint density at radius 1 is 0.852 bits per heavy atom. The van der Waals surface area contributed by atoms with Crippen molar-refractivity contribution in [2.24, 2.45) is 5.92 Å². The highest BCUT2D eigenvalue weighted by molar-refractivity contribution is 5.65. The van der Waals surface area contributed by atoms with E-state index in [-0.39, 0.29) is 5.82 Å². The number of hydrogen-bond acceptors (Lipinski definition) is 0. The Hall–Kier alpha value is -1.63. The highest BCUT2D eigenvalue weighted by atomic mass is 19.1. The molecule has 2 aromatic rings. The van der Waals surface area contributed by atoms with Crippen LogP contribution in [0.1, 0.15) is 88.7 Å². The SMILES string of the molecule is CCCCC[C@H]1CC[C@H](c2ccc(-c3ccc(CCC)cc3F)cc2)CC1. The zero-order valence-electron chi connectivity index (χ0n) is 17.1. The average molecular weight is 367 g/mol. The molecule has 1 heteroatoms. The van der Waals surface area contributed by atoms with Crippen molar-refractivity contribution in [3.05, 3.63) is 59.4 Å². The minimum absolute atomic E-state index is 0.0960. The van der Waals surface area contributed by atoms with Crippen molar-refractivity contribution < 1.29 is 4.39 Å². The van der Waals surface area contributed by atoms with Crippen molar-refractivity contribution in [3.63, 3.8) is 0 Å². The summed E-state index contributed by atoms with van der Waals surface area (Å²) < 4.78 is 14.5. The fourth-order valence-corrected chi connectivity index (χ4v) is 4.64. The van der Waals surface area contributed by atoms with Gasteiger partial charge in [0.25, 0.3) is 0 Å². The third-order valence-corrected chi connectivity index (χ3v) is 6.33. The molecule has 2 aromatic carbocycles. The summed E-state index contributed by atoms with van der Waals surface area (Å²) in [6.07, 6.45) is 12.9. The molecule has 1 aliphatic rings. The van der Waals surface area contributed by atoms with Crippen LogP contribution in [0.2, 0.25) is 0 Å². The molecule has 1 aliphatic carbocycles. The van der Waals surface area contributed by atoms with Crippen LogP contribution >= 0.6 is 0 Å². The van der Waals surface area contributed by atoms with Gasteiger partial charge in [0.1, 0.15) is 5.82 Å². The van der Waals surface area contributed by atoms with Crippen LogP contribution in [-0.2, 0) is 6.42 Å². The van der Waals surface area contributed by atoms with Crippen molar-refractivity contribution in [1.82, 2.24) is 0 Å². The number of halogens is 1. The molecule has 27 heavy (non-hydrogen) atoms. The summed E-state index contributed by atoms with van der Waals surface area (Å²) in [4.78, 5) is 0. The van der Waals surface area contributed by atoms with Gasteiger partial charge in [-0.2, -0.15) is 0 Å². The molecule has 0 N–H and O–H groups in total. The Bertz CT molecular complexity index is 693. The molecule has 0 amide bonds. The molecule has 1 fully saturated rings. The van der Waals surface area contributed by atoms with E-state index in [1.54, 1.807) is 6.07 Å². The summed E-state index contributed by atoms with van der Waals surface area (Å²) >= 11 is 0. The van der Waals surface area contributed by atoms with E-state index in [1.807, 2.05) is 6.07 Å². The van der Waals surface area contributed by atoms with Crippen LogP contribution < -0.4 is 0 Å². The van der Waals surface area contributed by atoms with Gasteiger partial charge < -0.3 is 0 Å². The number of benzene rings is 2. The lowest BCUT2D eigenvalue weighted by Crippen LogP contribution is -2.13. The van der Waals surface area contributed by atoms with E-state index in [9.17, 15) is 4.39 Å². The van der Waals surface area contributed by atoms with Crippen molar-refractivity contribution >= 4 is 0 Å². The van der Waals surface area contributed by atoms with Gasteiger partial charge in [-0.1, -0.05) is 82.3 Å². The Labute approximate surface area is 165 Å². The summed E-state index contributed by atoms with van der Waals surface area (Å²) in [5, 5.41) is 0. The normalized spacial score (nSPS) is 20.0. The van der Waals surface area contributed by atoms with Gasteiger partial charge in [0.2, 0.25) is 0 Å².